The zero-order valence-corrected chi connectivity index (χ0v) is 13.4. The Bertz CT molecular complexity index is 422. The summed E-state index contributed by atoms with van der Waals surface area (Å²) in [5.74, 6) is 0.718. The minimum atomic E-state index is -0.155. The van der Waals surface area contributed by atoms with Crippen molar-refractivity contribution in [2.75, 3.05) is 0 Å². The Labute approximate surface area is 129 Å². The molecular formula is C19H28O2. The van der Waals surface area contributed by atoms with Crippen molar-refractivity contribution < 1.29 is 9.84 Å². The Kier molecular flexibility index (Phi) is 9.78. The Morgan fingerprint density at radius 2 is 1.48 bits per heavy atom. The third kappa shape index (κ3) is 6.84. The van der Waals surface area contributed by atoms with E-state index in [4.69, 9.17) is 4.74 Å². The molecule has 21 heavy (non-hydrogen) atoms. The van der Waals surface area contributed by atoms with Crippen molar-refractivity contribution in [3.63, 3.8) is 0 Å². The average molecular weight is 288 g/mol. The van der Waals surface area contributed by atoms with E-state index in [0.29, 0.717) is 12.2 Å². The Morgan fingerprint density at radius 3 is 1.86 bits per heavy atom. The molecule has 2 nitrogen and oxygen atoms in total. The molecule has 0 fully saturated rings. The maximum atomic E-state index is 9.56. The molecule has 0 saturated heterocycles. The van der Waals surface area contributed by atoms with Crippen LogP contribution >= 0.6 is 0 Å². The van der Waals surface area contributed by atoms with Gasteiger partial charge >= 0.3 is 0 Å². The lowest BCUT2D eigenvalue weighted by Gasteiger charge is -2.24. The average Bonchev–Trinajstić information content (AvgIpc) is 2.44. The quantitative estimate of drug-likeness (QED) is 0.385. The van der Waals surface area contributed by atoms with Crippen molar-refractivity contribution in [3.05, 3.63) is 73.3 Å². The molecule has 0 aromatic rings. The van der Waals surface area contributed by atoms with E-state index >= 15 is 0 Å². The van der Waals surface area contributed by atoms with Gasteiger partial charge in [0.05, 0.1) is 0 Å². The van der Waals surface area contributed by atoms with Gasteiger partial charge in [-0.15, -0.1) is 26.3 Å². The topological polar surface area (TPSA) is 29.5 Å². The molecule has 1 atom stereocenters. The van der Waals surface area contributed by atoms with Crippen molar-refractivity contribution in [1.29, 1.82) is 0 Å². The summed E-state index contributed by atoms with van der Waals surface area (Å²) in [6.45, 7) is 18.6. The number of hydrogen-bond donors (Lipinski definition) is 1. The van der Waals surface area contributed by atoms with Gasteiger partial charge in [0.15, 0.2) is 0 Å². The van der Waals surface area contributed by atoms with E-state index < -0.39 is 0 Å². The SMILES string of the molecule is C=CCC(CC=C)=C(CC=C)C(CC=C)O/C(C)=C(/C)O. The highest BCUT2D eigenvalue weighted by molar-refractivity contribution is 5.26. The monoisotopic (exact) mass is 288 g/mol. The summed E-state index contributed by atoms with van der Waals surface area (Å²) in [5.41, 5.74) is 2.39. The van der Waals surface area contributed by atoms with Crippen LogP contribution in [0.4, 0.5) is 0 Å². The van der Waals surface area contributed by atoms with Crippen LogP contribution < -0.4 is 0 Å². The molecule has 0 aliphatic heterocycles. The summed E-state index contributed by atoms with van der Waals surface area (Å²) in [4.78, 5) is 0. The molecule has 0 radical (unpaired) electrons. The highest BCUT2D eigenvalue weighted by Gasteiger charge is 2.18. The molecule has 116 valence electrons. The van der Waals surface area contributed by atoms with Crippen LogP contribution in [0, 0.1) is 0 Å². The summed E-state index contributed by atoms with van der Waals surface area (Å²) in [5, 5.41) is 9.56. The highest BCUT2D eigenvalue weighted by atomic mass is 16.5. The molecule has 2 heteroatoms. The van der Waals surface area contributed by atoms with Gasteiger partial charge in [0.1, 0.15) is 17.6 Å². The van der Waals surface area contributed by atoms with Gasteiger partial charge in [-0.25, -0.2) is 0 Å². The van der Waals surface area contributed by atoms with Gasteiger partial charge in [-0.05, 0) is 38.7 Å². The fourth-order valence-electron chi connectivity index (χ4n) is 2.06. The van der Waals surface area contributed by atoms with Crippen molar-refractivity contribution in [2.24, 2.45) is 0 Å². The van der Waals surface area contributed by atoms with Crippen LogP contribution in [0.5, 0.6) is 0 Å². The maximum absolute atomic E-state index is 9.56. The van der Waals surface area contributed by atoms with Crippen molar-refractivity contribution in [3.8, 4) is 0 Å². The van der Waals surface area contributed by atoms with Gasteiger partial charge in [-0.1, -0.05) is 29.9 Å². The number of hydrogen-bond acceptors (Lipinski definition) is 2. The standard InChI is InChI=1S/C19H28O2/c1-7-11-17(12-8-2)18(13-9-3)19(14-10-4)21-16(6)15(5)20/h7-10,19-20H,1-4,11-14H2,5-6H3/b16-15-. The molecule has 0 aromatic carbocycles. The molecular weight excluding hydrogens is 260 g/mol. The Balaban J connectivity index is 5.67. The largest absolute Gasteiger partial charge is 0.509 e. The lowest BCUT2D eigenvalue weighted by Crippen LogP contribution is -2.17. The van der Waals surface area contributed by atoms with Crippen molar-refractivity contribution in [2.45, 2.75) is 45.6 Å². The Morgan fingerprint density at radius 1 is 0.952 bits per heavy atom. The van der Waals surface area contributed by atoms with Gasteiger partial charge in [-0.2, -0.15) is 0 Å². The molecule has 0 spiro atoms. The number of ether oxygens (including phenoxy) is 1. The number of allylic oxidation sites excluding steroid dienone is 6. The third-order valence-electron chi connectivity index (χ3n) is 3.20. The van der Waals surface area contributed by atoms with Gasteiger partial charge in [0, 0.05) is 6.42 Å². The zero-order valence-electron chi connectivity index (χ0n) is 13.4. The van der Waals surface area contributed by atoms with E-state index in [0.717, 1.165) is 24.8 Å². The second kappa shape index (κ2) is 10.8. The highest BCUT2D eigenvalue weighted by Crippen LogP contribution is 2.27. The molecule has 0 heterocycles. The van der Waals surface area contributed by atoms with E-state index in [9.17, 15) is 5.11 Å². The number of aliphatic hydroxyl groups is 1. The first-order valence-electron chi connectivity index (χ1n) is 7.19. The van der Waals surface area contributed by atoms with Crippen LogP contribution in [0.15, 0.2) is 73.3 Å². The van der Waals surface area contributed by atoms with Gasteiger partial charge in [-0.3, -0.25) is 0 Å². The number of rotatable bonds is 11. The second-order valence-electron chi connectivity index (χ2n) is 4.88. The number of aliphatic hydroxyl groups excluding tert-OH is 1. The van der Waals surface area contributed by atoms with Crippen LogP contribution in [0.1, 0.15) is 39.5 Å². The van der Waals surface area contributed by atoms with Gasteiger partial charge in [0.2, 0.25) is 0 Å². The smallest absolute Gasteiger partial charge is 0.131 e. The summed E-state index contributed by atoms with van der Waals surface area (Å²) < 4.78 is 5.92. The predicted molar refractivity (Wildman–Crippen MR) is 92.2 cm³/mol. The van der Waals surface area contributed by atoms with E-state index in [1.54, 1.807) is 13.8 Å². The van der Waals surface area contributed by atoms with Crippen LogP contribution in [0.2, 0.25) is 0 Å². The minimum absolute atomic E-state index is 0.155. The summed E-state index contributed by atoms with van der Waals surface area (Å²) in [7, 11) is 0. The fourth-order valence-corrected chi connectivity index (χ4v) is 2.06. The van der Waals surface area contributed by atoms with Gasteiger partial charge < -0.3 is 9.84 Å². The van der Waals surface area contributed by atoms with Gasteiger partial charge in [0.25, 0.3) is 0 Å². The van der Waals surface area contributed by atoms with Crippen LogP contribution in [-0.4, -0.2) is 11.2 Å². The first-order chi connectivity index (χ1) is 10.0. The lowest BCUT2D eigenvalue weighted by atomic mass is 9.93. The molecule has 0 aromatic heterocycles. The minimum Gasteiger partial charge on any atom is -0.509 e. The molecule has 0 aliphatic rings. The van der Waals surface area contributed by atoms with Crippen LogP contribution in [0.25, 0.3) is 0 Å². The molecule has 0 bridgehead atoms. The third-order valence-corrected chi connectivity index (χ3v) is 3.20. The molecule has 0 rings (SSSR count). The predicted octanol–water partition coefficient (Wildman–Crippen LogP) is 5.78. The van der Waals surface area contributed by atoms with E-state index in [2.05, 4.69) is 26.3 Å². The van der Waals surface area contributed by atoms with E-state index in [1.807, 2.05) is 24.3 Å². The maximum Gasteiger partial charge on any atom is 0.131 e. The zero-order chi connectivity index (χ0) is 16.3. The fraction of sp³-hybridized carbons (Fsp3) is 0.368. The molecule has 0 saturated carbocycles. The first-order valence-corrected chi connectivity index (χ1v) is 7.19. The van der Waals surface area contributed by atoms with Crippen LogP contribution in [-0.2, 0) is 4.74 Å². The molecule has 1 unspecified atom stereocenters. The lowest BCUT2D eigenvalue weighted by molar-refractivity contribution is 0.132. The Hall–Kier alpha value is -1.96. The van der Waals surface area contributed by atoms with Crippen molar-refractivity contribution in [1.82, 2.24) is 0 Å². The molecule has 1 N–H and O–H groups in total. The first kappa shape index (κ1) is 19.0. The summed E-state index contributed by atoms with van der Waals surface area (Å²) >= 11 is 0. The van der Waals surface area contributed by atoms with E-state index in [1.165, 1.54) is 5.57 Å². The van der Waals surface area contributed by atoms with Crippen LogP contribution in [0.3, 0.4) is 0 Å². The molecule has 0 aliphatic carbocycles. The normalized spacial score (nSPS) is 12.7. The van der Waals surface area contributed by atoms with E-state index in [-0.39, 0.29) is 11.9 Å². The van der Waals surface area contributed by atoms with Crippen molar-refractivity contribution >= 4 is 0 Å². The summed E-state index contributed by atoms with van der Waals surface area (Å²) in [6, 6.07) is 0. The second-order valence-corrected chi connectivity index (χ2v) is 4.88. The molecule has 0 amide bonds. The summed E-state index contributed by atoms with van der Waals surface area (Å²) in [6.07, 6.45) is 10.3.